The lowest BCUT2D eigenvalue weighted by Gasteiger charge is -2.14. The number of rotatable bonds is 8. The van der Waals surface area contributed by atoms with Crippen LogP contribution in [0.25, 0.3) is 10.9 Å². The molecule has 1 aromatic heterocycles. The maximum atomic E-state index is 13.6. The molecule has 0 spiro atoms. The van der Waals surface area contributed by atoms with E-state index < -0.39 is 5.82 Å². The van der Waals surface area contributed by atoms with Crippen molar-refractivity contribution in [2.45, 2.75) is 32.0 Å². The van der Waals surface area contributed by atoms with E-state index in [-0.39, 0.29) is 22.7 Å². The maximum Gasteiger partial charge on any atom is 0.262 e. The van der Waals surface area contributed by atoms with Crippen LogP contribution in [0.1, 0.15) is 30.6 Å². The second-order valence-corrected chi connectivity index (χ2v) is 8.05. The van der Waals surface area contributed by atoms with Crippen LogP contribution in [-0.2, 0) is 6.54 Å². The summed E-state index contributed by atoms with van der Waals surface area (Å²) in [5.41, 5.74) is 0.656. The van der Waals surface area contributed by atoms with Gasteiger partial charge in [-0.05, 0) is 42.7 Å². The Bertz CT molecular complexity index is 1100. The Morgan fingerprint density at radius 1 is 1.24 bits per heavy atom. The summed E-state index contributed by atoms with van der Waals surface area (Å²) in [5, 5.41) is 1.04. The molecule has 2 aromatic carbocycles. The van der Waals surface area contributed by atoms with Gasteiger partial charge < -0.3 is 4.74 Å². The van der Waals surface area contributed by atoms with Crippen LogP contribution in [0, 0.1) is 11.7 Å². The Labute approximate surface area is 172 Å². The zero-order valence-corrected chi connectivity index (χ0v) is 17.5. The Morgan fingerprint density at radius 3 is 2.72 bits per heavy atom. The first-order chi connectivity index (χ1) is 13.9. The lowest BCUT2D eigenvalue weighted by atomic mass is 10.1. The number of halogens is 1. The Balaban J connectivity index is 1.92. The number of ketones is 1. The first-order valence-electron chi connectivity index (χ1n) is 9.39. The summed E-state index contributed by atoms with van der Waals surface area (Å²) >= 11 is 1.18. The summed E-state index contributed by atoms with van der Waals surface area (Å²) in [6, 6.07) is 11.0. The largest absolute Gasteiger partial charge is 0.496 e. The number of ether oxygens (including phenoxy) is 1. The van der Waals surface area contributed by atoms with Gasteiger partial charge in [-0.3, -0.25) is 14.2 Å². The van der Waals surface area contributed by atoms with Crippen LogP contribution < -0.4 is 10.3 Å². The number of carbonyl (C=O) groups is 1. The molecule has 29 heavy (non-hydrogen) atoms. The average Bonchev–Trinajstić information content (AvgIpc) is 2.71. The minimum Gasteiger partial charge on any atom is -0.496 e. The van der Waals surface area contributed by atoms with E-state index in [0.29, 0.717) is 34.3 Å². The summed E-state index contributed by atoms with van der Waals surface area (Å²) < 4.78 is 20.4. The third-order valence-corrected chi connectivity index (χ3v) is 5.53. The fourth-order valence-electron chi connectivity index (χ4n) is 2.95. The van der Waals surface area contributed by atoms with Crippen molar-refractivity contribution in [1.29, 1.82) is 0 Å². The molecule has 0 atom stereocenters. The van der Waals surface area contributed by atoms with E-state index >= 15 is 0 Å². The van der Waals surface area contributed by atoms with Gasteiger partial charge in [-0.25, -0.2) is 9.37 Å². The fraction of sp³-hybridized carbons (Fsp3) is 0.318. The molecule has 0 aliphatic heterocycles. The summed E-state index contributed by atoms with van der Waals surface area (Å²) in [6.45, 7) is 4.70. The molecule has 7 heteroatoms. The number of aromatic nitrogens is 2. The standard InChI is InChI=1S/C22H23FN2O3S/c1-14(2)10-11-25-21(27)16-6-4-5-7-18(16)24-22(25)29-13-19(26)17-12-15(23)8-9-20(17)28-3/h4-9,12,14H,10-11,13H2,1-3H3. The molecule has 0 radical (unpaired) electrons. The first-order valence-corrected chi connectivity index (χ1v) is 10.4. The zero-order valence-electron chi connectivity index (χ0n) is 16.6. The van der Waals surface area contributed by atoms with Crippen LogP contribution in [0.2, 0.25) is 0 Å². The molecular weight excluding hydrogens is 391 g/mol. The molecular formula is C22H23FN2O3S. The highest BCUT2D eigenvalue weighted by Crippen LogP contribution is 2.24. The highest BCUT2D eigenvalue weighted by molar-refractivity contribution is 7.99. The molecule has 152 valence electrons. The average molecular weight is 415 g/mol. The van der Waals surface area contributed by atoms with Crippen LogP contribution in [-0.4, -0.2) is 28.2 Å². The molecule has 3 rings (SSSR count). The smallest absolute Gasteiger partial charge is 0.262 e. The number of Topliss-reactive ketones (excluding diaryl/α,β-unsaturated/α-hetero) is 1. The molecule has 0 saturated carbocycles. The zero-order chi connectivity index (χ0) is 21.0. The number of thioether (sulfide) groups is 1. The van der Waals surface area contributed by atoms with Crippen molar-refractivity contribution in [3.05, 3.63) is 64.2 Å². The predicted octanol–water partition coefficient (Wildman–Crippen LogP) is 4.57. The van der Waals surface area contributed by atoms with E-state index in [1.807, 2.05) is 12.1 Å². The van der Waals surface area contributed by atoms with Gasteiger partial charge >= 0.3 is 0 Å². The fourth-order valence-corrected chi connectivity index (χ4v) is 3.86. The molecule has 0 saturated heterocycles. The van der Waals surface area contributed by atoms with Gasteiger partial charge in [0.15, 0.2) is 10.9 Å². The number of hydrogen-bond acceptors (Lipinski definition) is 5. The van der Waals surface area contributed by atoms with Crippen molar-refractivity contribution >= 4 is 28.4 Å². The lowest BCUT2D eigenvalue weighted by molar-refractivity contribution is 0.101. The molecule has 0 aliphatic rings. The van der Waals surface area contributed by atoms with Crippen LogP contribution >= 0.6 is 11.8 Å². The number of methoxy groups -OCH3 is 1. The minimum atomic E-state index is -0.503. The molecule has 0 bridgehead atoms. The Morgan fingerprint density at radius 2 is 2.00 bits per heavy atom. The van der Waals surface area contributed by atoms with Crippen molar-refractivity contribution in [3.8, 4) is 5.75 Å². The number of carbonyl (C=O) groups excluding carboxylic acids is 1. The third kappa shape index (κ3) is 4.85. The number of nitrogens with zero attached hydrogens (tertiary/aromatic N) is 2. The maximum absolute atomic E-state index is 13.6. The van der Waals surface area contributed by atoms with Crippen LogP contribution in [0.5, 0.6) is 5.75 Å². The summed E-state index contributed by atoms with van der Waals surface area (Å²) in [7, 11) is 1.44. The quantitative estimate of drug-likeness (QED) is 0.307. The minimum absolute atomic E-state index is 0.0201. The summed E-state index contributed by atoms with van der Waals surface area (Å²) in [4.78, 5) is 30.3. The van der Waals surface area contributed by atoms with Gasteiger partial charge in [-0.2, -0.15) is 0 Å². The number of benzene rings is 2. The van der Waals surface area contributed by atoms with Gasteiger partial charge in [0.2, 0.25) is 0 Å². The van der Waals surface area contributed by atoms with Gasteiger partial charge in [-0.15, -0.1) is 0 Å². The summed E-state index contributed by atoms with van der Waals surface area (Å²) in [5.74, 6) is -0.0298. The van der Waals surface area contributed by atoms with Gasteiger partial charge in [0.1, 0.15) is 11.6 Å². The molecule has 0 aliphatic carbocycles. The van der Waals surface area contributed by atoms with E-state index in [1.54, 1.807) is 16.7 Å². The molecule has 1 heterocycles. The van der Waals surface area contributed by atoms with Gasteiger partial charge in [0.25, 0.3) is 5.56 Å². The SMILES string of the molecule is COc1ccc(F)cc1C(=O)CSc1nc2ccccc2c(=O)n1CCC(C)C. The monoisotopic (exact) mass is 414 g/mol. The van der Waals surface area contributed by atoms with E-state index in [9.17, 15) is 14.0 Å². The van der Waals surface area contributed by atoms with E-state index in [2.05, 4.69) is 18.8 Å². The van der Waals surface area contributed by atoms with Crippen molar-refractivity contribution in [2.24, 2.45) is 5.92 Å². The molecule has 5 nitrogen and oxygen atoms in total. The van der Waals surface area contributed by atoms with Crippen LogP contribution in [0.15, 0.2) is 52.4 Å². The van der Waals surface area contributed by atoms with Crippen LogP contribution in [0.3, 0.4) is 0 Å². The highest BCUT2D eigenvalue weighted by Gasteiger charge is 2.17. The van der Waals surface area contributed by atoms with E-state index in [0.717, 1.165) is 6.42 Å². The summed E-state index contributed by atoms with van der Waals surface area (Å²) in [6.07, 6.45) is 0.819. The Hall–Kier alpha value is -2.67. The Kier molecular flexibility index (Phi) is 6.69. The van der Waals surface area contributed by atoms with Crippen molar-refractivity contribution in [3.63, 3.8) is 0 Å². The van der Waals surface area contributed by atoms with Crippen molar-refractivity contribution in [2.75, 3.05) is 12.9 Å². The van der Waals surface area contributed by atoms with Crippen LogP contribution in [0.4, 0.5) is 4.39 Å². The second kappa shape index (κ2) is 9.22. The lowest BCUT2D eigenvalue weighted by Crippen LogP contribution is -2.24. The van der Waals surface area contributed by atoms with Crippen molar-refractivity contribution < 1.29 is 13.9 Å². The molecule has 0 amide bonds. The number of hydrogen-bond donors (Lipinski definition) is 0. The van der Waals surface area contributed by atoms with E-state index in [4.69, 9.17) is 4.74 Å². The number of fused-ring (bicyclic) bond motifs is 1. The third-order valence-electron chi connectivity index (χ3n) is 4.55. The molecule has 3 aromatic rings. The molecule has 0 unspecified atom stereocenters. The highest BCUT2D eigenvalue weighted by atomic mass is 32.2. The van der Waals surface area contributed by atoms with E-state index in [1.165, 1.54) is 37.1 Å². The van der Waals surface area contributed by atoms with Gasteiger partial charge in [0, 0.05) is 6.54 Å². The topological polar surface area (TPSA) is 61.2 Å². The number of para-hydroxylation sites is 1. The second-order valence-electron chi connectivity index (χ2n) is 7.11. The molecule has 0 fully saturated rings. The predicted molar refractivity (Wildman–Crippen MR) is 113 cm³/mol. The van der Waals surface area contributed by atoms with Gasteiger partial charge in [-0.1, -0.05) is 37.7 Å². The first kappa shape index (κ1) is 21.0. The molecule has 0 N–H and O–H groups in total. The normalized spacial score (nSPS) is 11.2. The van der Waals surface area contributed by atoms with Crippen molar-refractivity contribution in [1.82, 2.24) is 9.55 Å². The van der Waals surface area contributed by atoms with Gasteiger partial charge in [0.05, 0.1) is 29.3 Å².